The third kappa shape index (κ3) is 7.13. The van der Waals surface area contributed by atoms with Gasteiger partial charge in [0.1, 0.15) is 5.82 Å². The number of anilines is 1. The standard InChI is InChI=1S/C26H25Cl2FN2O4S/c1-14(2)7-8-35-12-16-5-4-6-18(23(16)29)22-13-36-26(30-22)31-24(32)17-10-20(27)19(21(28)11-17)9-15(3)25(33)34/h4-6,9-11,13-14H,7-8,12H2,1-3H3,(H,33,34)(H,30,31,32)/b15-9+. The highest BCUT2D eigenvalue weighted by molar-refractivity contribution is 7.14. The van der Waals surface area contributed by atoms with Crippen LogP contribution in [0.1, 0.15) is 48.7 Å². The molecule has 0 fully saturated rings. The largest absolute Gasteiger partial charge is 0.478 e. The van der Waals surface area contributed by atoms with Crippen molar-refractivity contribution in [2.75, 3.05) is 11.9 Å². The topological polar surface area (TPSA) is 88.5 Å². The molecule has 1 amide bonds. The molecule has 10 heteroatoms. The molecule has 1 heterocycles. The first-order valence-electron chi connectivity index (χ1n) is 11.1. The molecular weight excluding hydrogens is 526 g/mol. The van der Waals surface area contributed by atoms with E-state index in [0.29, 0.717) is 34.9 Å². The van der Waals surface area contributed by atoms with Crippen molar-refractivity contribution in [2.24, 2.45) is 5.92 Å². The minimum Gasteiger partial charge on any atom is -0.478 e. The number of carboxylic acids is 1. The number of hydrogen-bond donors (Lipinski definition) is 2. The fourth-order valence-corrected chi connectivity index (χ4v) is 4.45. The second-order valence-corrected chi connectivity index (χ2v) is 10.2. The number of rotatable bonds is 10. The molecule has 0 saturated heterocycles. The molecular formula is C26H25Cl2FN2O4S. The van der Waals surface area contributed by atoms with Gasteiger partial charge in [0.15, 0.2) is 5.13 Å². The number of carbonyl (C=O) groups is 2. The van der Waals surface area contributed by atoms with Gasteiger partial charge in [0.25, 0.3) is 5.91 Å². The summed E-state index contributed by atoms with van der Waals surface area (Å²) in [5, 5.41) is 13.9. The van der Waals surface area contributed by atoms with Crippen LogP contribution in [-0.4, -0.2) is 28.6 Å². The summed E-state index contributed by atoms with van der Waals surface area (Å²) in [6.45, 7) is 6.33. The zero-order chi connectivity index (χ0) is 26.4. The lowest BCUT2D eigenvalue weighted by atomic mass is 10.1. The summed E-state index contributed by atoms with van der Waals surface area (Å²) in [7, 11) is 0. The zero-order valence-corrected chi connectivity index (χ0v) is 22.2. The van der Waals surface area contributed by atoms with Gasteiger partial charge in [0, 0.05) is 39.8 Å². The quantitative estimate of drug-likeness (QED) is 0.201. The number of ether oxygens (including phenoxy) is 1. The molecule has 0 spiro atoms. The van der Waals surface area contributed by atoms with Gasteiger partial charge in [-0.2, -0.15) is 0 Å². The Kier molecular flexibility index (Phi) is 9.62. The lowest BCUT2D eigenvalue weighted by Crippen LogP contribution is -2.12. The number of halogens is 3. The molecule has 6 nitrogen and oxygen atoms in total. The third-order valence-corrected chi connectivity index (χ3v) is 6.60. The summed E-state index contributed by atoms with van der Waals surface area (Å²) >= 11 is 13.6. The Balaban J connectivity index is 1.74. The summed E-state index contributed by atoms with van der Waals surface area (Å²) in [4.78, 5) is 28.2. The summed E-state index contributed by atoms with van der Waals surface area (Å²) < 4.78 is 20.7. The minimum atomic E-state index is -1.11. The molecule has 0 saturated carbocycles. The van der Waals surface area contributed by atoms with Crippen molar-refractivity contribution in [1.82, 2.24) is 4.98 Å². The van der Waals surface area contributed by atoms with Gasteiger partial charge in [0.05, 0.1) is 22.3 Å². The summed E-state index contributed by atoms with van der Waals surface area (Å²) in [6.07, 6.45) is 2.23. The van der Waals surface area contributed by atoms with E-state index in [2.05, 4.69) is 24.1 Å². The van der Waals surface area contributed by atoms with Crippen molar-refractivity contribution >= 4 is 57.6 Å². The SMILES string of the molecule is C/C(=C\c1c(Cl)cc(C(=O)Nc2nc(-c3cccc(COCCC(C)C)c3F)cs2)cc1Cl)C(=O)O. The molecule has 0 bridgehead atoms. The second kappa shape index (κ2) is 12.5. The Labute approximate surface area is 222 Å². The van der Waals surface area contributed by atoms with E-state index < -0.39 is 17.7 Å². The third-order valence-electron chi connectivity index (χ3n) is 5.22. The highest BCUT2D eigenvalue weighted by atomic mass is 35.5. The van der Waals surface area contributed by atoms with E-state index in [0.717, 1.165) is 17.8 Å². The smallest absolute Gasteiger partial charge is 0.331 e. The number of benzene rings is 2. The predicted molar refractivity (Wildman–Crippen MR) is 142 cm³/mol. The lowest BCUT2D eigenvalue weighted by molar-refractivity contribution is -0.132. The van der Waals surface area contributed by atoms with Crippen LogP contribution in [0, 0.1) is 11.7 Å². The van der Waals surface area contributed by atoms with Crippen LogP contribution >= 0.6 is 34.5 Å². The van der Waals surface area contributed by atoms with E-state index >= 15 is 4.39 Å². The van der Waals surface area contributed by atoms with Gasteiger partial charge >= 0.3 is 5.97 Å². The van der Waals surface area contributed by atoms with Crippen molar-refractivity contribution in [3.63, 3.8) is 0 Å². The molecule has 1 aromatic heterocycles. The van der Waals surface area contributed by atoms with E-state index in [1.807, 2.05) is 0 Å². The van der Waals surface area contributed by atoms with Gasteiger partial charge in [0.2, 0.25) is 0 Å². The van der Waals surface area contributed by atoms with Crippen molar-refractivity contribution in [1.29, 1.82) is 0 Å². The van der Waals surface area contributed by atoms with Gasteiger partial charge in [-0.25, -0.2) is 14.2 Å². The minimum absolute atomic E-state index is 0.0461. The fourth-order valence-electron chi connectivity index (χ4n) is 3.15. The van der Waals surface area contributed by atoms with E-state index in [1.165, 1.54) is 25.1 Å². The van der Waals surface area contributed by atoms with Crippen LogP contribution in [0.5, 0.6) is 0 Å². The lowest BCUT2D eigenvalue weighted by Gasteiger charge is -2.09. The van der Waals surface area contributed by atoms with E-state index in [4.69, 9.17) is 33.0 Å². The number of aliphatic carboxylic acids is 1. The van der Waals surface area contributed by atoms with E-state index in [1.54, 1.807) is 23.6 Å². The van der Waals surface area contributed by atoms with Gasteiger partial charge in [-0.15, -0.1) is 11.3 Å². The molecule has 2 N–H and O–H groups in total. The number of nitrogens with zero attached hydrogens (tertiary/aromatic N) is 1. The van der Waals surface area contributed by atoms with Gasteiger partial charge < -0.3 is 9.84 Å². The fraction of sp³-hybridized carbons (Fsp3) is 0.269. The molecule has 0 aliphatic rings. The Morgan fingerprint density at radius 2 is 1.94 bits per heavy atom. The van der Waals surface area contributed by atoms with Crippen LogP contribution < -0.4 is 5.32 Å². The van der Waals surface area contributed by atoms with Crippen LogP contribution in [0.3, 0.4) is 0 Å². The molecule has 0 atom stereocenters. The van der Waals surface area contributed by atoms with Crippen LogP contribution in [0.2, 0.25) is 10.0 Å². The molecule has 2 aromatic carbocycles. The van der Waals surface area contributed by atoms with Gasteiger partial charge in [-0.05, 0) is 43.5 Å². The first-order chi connectivity index (χ1) is 17.1. The van der Waals surface area contributed by atoms with Crippen LogP contribution in [0.4, 0.5) is 9.52 Å². The maximum absolute atomic E-state index is 15.1. The Morgan fingerprint density at radius 3 is 2.58 bits per heavy atom. The first-order valence-corrected chi connectivity index (χ1v) is 12.7. The Bertz CT molecular complexity index is 1280. The van der Waals surface area contributed by atoms with Gasteiger partial charge in [-0.1, -0.05) is 49.2 Å². The average Bonchev–Trinajstić information content (AvgIpc) is 3.27. The molecule has 0 aliphatic carbocycles. The van der Waals surface area contributed by atoms with Crippen LogP contribution in [0.25, 0.3) is 17.3 Å². The monoisotopic (exact) mass is 550 g/mol. The van der Waals surface area contributed by atoms with Crippen molar-refractivity contribution in [3.05, 3.63) is 73.8 Å². The second-order valence-electron chi connectivity index (χ2n) is 8.49. The Hall–Kier alpha value is -2.78. The van der Waals surface area contributed by atoms with E-state index in [-0.39, 0.29) is 32.9 Å². The van der Waals surface area contributed by atoms with Crippen molar-refractivity contribution < 1.29 is 23.8 Å². The predicted octanol–water partition coefficient (Wildman–Crippen LogP) is 7.56. The number of nitrogens with one attached hydrogen (secondary N) is 1. The number of carbonyl (C=O) groups excluding carboxylic acids is 1. The molecule has 3 aromatic rings. The number of amides is 1. The zero-order valence-electron chi connectivity index (χ0n) is 19.9. The van der Waals surface area contributed by atoms with Crippen LogP contribution in [0.15, 0.2) is 41.3 Å². The number of thiazole rings is 1. The van der Waals surface area contributed by atoms with Crippen LogP contribution in [-0.2, 0) is 16.1 Å². The highest BCUT2D eigenvalue weighted by Crippen LogP contribution is 2.31. The van der Waals surface area contributed by atoms with Crippen molar-refractivity contribution in [2.45, 2.75) is 33.8 Å². The summed E-state index contributed by atoms with van der Waals surface area (Å²) in [5.41, 5.74) is 1.65. The Morgan fingerprint density at radius 1 is 1.25 bits per heavy atom. The maximum Gasteiger partial charge on any atom is 0.331 e. The van der Waals surface area contributed by atoms with Crippen molar-refractivity contribution in [3.8, 4) is 11.3 Å². The van der Waals surface area contributed by atoms with E-state index in [9.17, 15) is 9.59 Å². The first kappa shape index (κ1) is 27.8. The normalized spacial score (nSPS) is 11.7. The molecule has 190 valence electrons. The highest BCUT2D eigenvalue weighted by Gasteiger charge is 2.17. The molecule has 3 rings (SSSR count). The number of hydrogen-bond acceptors (Lipinski definition) is 5. The molecule has 36 heavy (non-hydrogen) atoms. The molecule has 0 unspecified atom stereocenters. The maximum atomic E-state index is 15.1. The number of aromatic nitrogens is 1. The van der Waals surface area contributed by atoms with Gasteiger partial charge in [-0.3, -0.25) is 10.1 Å². The summed E-state index contributed by atoms with van der Waals surface area (Å²) in [6, 6.07) is 7.82. The summed E-state index contributed by atoms with van der Waals surface area (Å²) in [5.74, 6) is -1.53. The number of carboxylic acid groups (broad SMARTS) is 1. The molecule has 0 radical (unpaired) electrons. The average molecular weight is 551 g/mol. The molecule has 0 aliphatic heterocycles.